The summed E-state index contributed by atoms with van der Waals surface area (Å²) in [6.07, 6.45) is 1.61. The minimum Gasteiger partial charge on any atom is -0.497 e. The normalized spacial score (nSPS) is 16.9. The highest BCUT2D eigenvalue weighted by atomic mass is 16.5. The first-order chi connectivity index (χ1) is 13.6. The summed E-state index contributed by atoms with van der Waals surface area (Å²) < 4.78 is 11.1. The third-order valence-corrected chi connectivity index (χ3v) is 5.48. The number of ether oxygens (including phenoxy) is 1. The molecule has 144 valence electrons. The molecule has 1 saturated heterocycles. The Morgan fingerprint density at radius 1 is 1.14 bits per heavy atom. The van der Waals surface area contributed by atoms with Gasteiger partial charge in [0.25, 0.3) is 5.91 Å². The van der Waals surface area contributed by atoms with Crippen LogP contribution in [-0.4, -0.2) is 36.8 Å². The van der Waals surface area contributed by atoms with E-state index in [-0.39, 0.29) is 17.6 Å². The summed E-state index contributed by atoms with van der Waals surface area (Å²) in [5.74, 6) is 0.801. The van der Waals surface area contributed by atoms with E-state index < -0.39 is 0 Å². The number of furan rings is 1. The number of rotatable bonds is 4. The van der Waals surface area contributed by atoms with Crippen LogP contribution in [0, 0.1) is 12.8 Å². The standard InChI is InChI=1S/C23H23NO4/c1-15-19-11-10-18(27-2)13-20(19)28-22(15)23(26)24-12-6-9-17(14-24)21(25)16-7-4-3-5-8-16/h3-5,7-8,10-11,13,17H,6,9,12,14H2,1-2H3/t17-/m0/s1. The van der Waals surface area contributed by atoms with E-state index in [2.05, 4.69) is 0 Å². The molecule has 2 aromatic carbocycles. The molecule has 0 unspecified atom stereocenters. The molecule has 0 spiro atoms. The summed E-state index contributed by atoms with van der Waals surface area (Å²) in [6, 6.07) is 14.8. The van der Waals surface area contributed by atoms with E-state index in [1.54, 1.807) is 18.1 Å². The zero-order valence-corrected chi connectivity index (χ0v) is 16.1. The molecule has 0 saturated carbocycles. The second-order valence-corrected chi connectivity index (χ2v) is 7.24. The first kappa shape index (κ1) is 18.3. The molecule has 3 aromatic rings. The van der Waals surface area contributed by atoms with Crippen LogP contribution < -0.4 is 4.74 Å². The zero-order valence-electron chi connectivity index (χ0n) is 16.1. The second kappa shape index (κ2) is 7.50. The predicted molar refractivity (Wildman–Crippen MR) is 107 cm³/mol. The van der Waals surface area contributed by atoms with E-state index in [1.165, 1.54) is 0 Å². The van der Waals surface area contributed by atoms with Crippen molar-refractivity contribution in [1.82, 2.24) is 4.90 Å². The maximum atomic E-state index is 13.1. The molecular weight excluding hydrogens is 354 g/mol. The average molecular weight is 377 g/mol. The Balaban J connectivity index is 1.57. The molecule has 5 heteroatoms. The number of Topliss-reactive ketones (excluding diaryl/α,β-unsaturated/α-hetero) is 1. The van der Waals surface area contributed by atoms with Crippen LogP contribution in [0.1, 0.15) is 39.3 Å². The first-order valence-electron chi connectivity index (χ1n) is 9.54. The Bertz CT molecular complexity index is 1020. The van der Waals surface area contributed by atoms with E-state index in [0.717, 1.165) is 23.8 Å². The molecular formula is C23H23NO4. The lowest BCUT2D eigenvalue weighted by atomic mass is 9.90. The van der Waals surface area contributed by atoms with E-state index >= 15 is 0 Å². The van der Waals surface area contributed by atoms with Gasteiger partial charge in [-0.1, -0.05) is 30.3 Å². The lowest BCUT2D eigenvalue weighted by molar-refractivity contribution is 0.0612. The second-order valence-electron chi connectivity index (χ2n) is 7.24. The topological polar surface area (TPSA) is 59.8 Å². The van der Waals surface area contributed by atoms with Gasteiger partial charge in [-0.25, -0.2) is 0 Å². The van der Waals surface area contributed by atoms with Crippen molar-refractivity contribution >= 4 is 22.7 Å². The molecule has 0 N–H and O–H groups in total. The van der Waals surface area contributed by atoms with Crippen molar-refractivity contribution in [3.05, 3.63) is 65.4 Å². The molecule has 4 rings (SSSR count). The largest absolute Gasteiger partial charge is 0.497 e. The summed E-state index contributed by atoms with van der Waals surface area (Å²) in [5.41, 5.74) is 2.15. The molecule has 1 atom stereocenters. The quantitative estimate of drug-likeness (QED) is 0.629. The minimum absolute atomic E-state index is 0.101. The Hall–Kier alpha value is -3.08. The average Bonchev–Trinajstić information content (AvgIpc) is 3.09. The SMILES string of the molecule is COc1ccc2c(C)c(C(=O)N3CCC[C@H](C(=O)c4ccccc4)C3)oc2c1. The van der Waals surface area contributed by atoms with Crippen molar-refractivity contribution in [2.24, 2.45) is 5.92 Å². The summed E-state index contributed by atoms with van der Waals surface area (Å²) in [7, 11) is 1.60. The first-order valence-corrected chi connectivity index (χ1v) is 9.54. The molecule has 1 amide bonds. The number of hydrogen-bond donors (Lipinski definition) is 0. The number of ketones is 1. The monoisotopic (exact) mass is 377 g/mol. The van der Waals surface area contributed by atoms with E-state index in [4.69, 9.17) is 9.15 Å². The van der Waals surface area contributed by atoms with Crippen LogP contribution in [-0.2, 0) is 0 Å². The summed E-state index contributed by atoms with van der Waals surface area (Å²) in [6.45, 7) is 2.95. The highest BCUT2D eigenvalue weighted by Gasteiger charge is 2.31. The van der Waals surface area contributed by atoms with Crippen molar-refractivity contribution in [1.29, 1.82) is 0 Å². The lowest BCUT2D eigenvalue weighted by Crippen LogP contribution is -2.42. The van der Waals surface area contributed by atoms with Gasteiger partial charge in [-0.15, -0.1) is 0 Å². The molecule has 0 aliphatic carbocycles. The maximum Gasteiger partial charge on any atom is 0.289 e. The van der Waals surface area contributed by atoms with Crippen molar-refractivity contribution in [2.45, 2.75) is 19.8 Å². The highest BCUT2D eigenvalue weighted by Crippen LogP contribution is 2.30. The van der Waals surface area contributed by atoms with Crippen molar-refractivity contribution in [2.75, 3.05) is 20.2 Å². The molecule has 1 aliphatic rings. The third-order valence-electron chi connectivity index (χ3n) is 5.48. The lowest BCUT2D eigenvalue weighted by Gasteiger charge is -2.31. The smallest absolute Gasteiger partial charge is 0.289 e. The van der Waals surface area contributed by atoms with E-state index in [1.807, 2.05) is 49.4 Å². The number of amides is 1. The molecule has 5 nitrogen and oxygen atoms in total. The number of aryl methyl sites for hydroxylation is 1. The van der Waals surface area contributed by atoms with Crippen LogP contribution in [0.15, 0.2) is 52.9 Å². The van der Waals surface area contributed by atoms with E-state index in [9.17, 15) is 9.59 Å². The van der Waals surface area contributed by atoms with Gasteiger partial charge < -0.3 is 14.1 Å². The fourth-order valence-corrected chi connectivity index (χ4v) is 3.89. The predicted octanol–water partition coefficient (Wildman–Crippen LogP) is 4.48. The maximum absolute atomic E-state index is 13.1. The number of likely N-dealkylation sites (tertiary alicyclic amines) is 1. The molecule has 0 radical (unpaired) electrons. The Labute approximate surface area is 163 Å². The van der Waals surface area contributed by atoms with Crippen LogP contribution in [0.25, 0.3) is 11.0 Å². The zero-order chi connectivity index (χ0) is 19.7. The number of nitrogens with zero attached hydrogens (tertiary/aromatic N) is 1. The third kappa shape index (κ3) is 3.28. The number of methoxy groups -OCH3 is 1. The van der Waals surface area contributed by atoms with Gasteiger partial charge in [0.1, 0.15) is 11.3 Å². The molecule has 1 aromatic heterocycles. The molecule has 1 aliphatic heterocycles. The fraction of sp³-hybridized carbons (Fsp3) is 0.304. The number of fused-ring (bicyclic) bond motifs is 1. The Morgan fingerprint density at radius 3 is 2.68 bits per heavy atom. The Kier molecular flexibility index (Phi) is 4.90. The molecule has 0 bridgehead atoms. The van der Waals surface area contributed by atoms with Crippen LogP contribution >= 0.6 is 0 Å². The molecule has 28 heavy (non-hydrogen) atoms. The van der Waals surface area contributed by atoms with Gasteiger partial charge in [-0.3, -0.25) is 9.59 Å². The van der Waals surface area contributed by atoms with Crippen LogP contribution in [0.5, 0.6) is 5.75 Å². The van der Waals surface area contributed by atoms with Gasteiger partial charge in [0.05, 0.1) is 7.11 Å². The highest BCUT2D eigenvalue weighted by molar-refractivity contribution is 6.01. The van der Waals surface area contributed by atoms with Crippen LogP contribution in [0.4, 0.5) is 0 Å². The van der Waals surface area contributed by atoms with Crippen LogP contribution in [0.3, 0.4) is 0 Å². The number of piperidine rings is 1. The summed E-state index contributed by atoms with van der Waals surface area (Å²) in [4.78, 5) is 27.7. The van der Waals surface area contributed by atoms with Gasteiger partial charge in [0, 0.05) is 41.6 Å². The van der Waals surface area contributed by atoms with E-state index in [0.29, 0.717) is 35.7 Å². The Morgan fingerprint density at radius 2 is 1.93 bits per heavy atom. The van der Waals surface area contributed by atoms with Gasteiger partial charge >= 0.3 is 0 Å². The number of hydrogen-bond acceptors (Lipinski definition) is 4. The summed E-state index contributed by atoms with van der Waals surface area (Å²) in [5, 5.41) is 0.901. The fourth-order valence-electron chi connectivity index (χ4n) is 3.89. The van der Waals surface area contributed by atoms with Crippen molar-refractivity contribution in [3.63, 3.8) is 0 Å². The van der Waals surface area contributed by atoms with Gasteiger partial charge in [-0.05, 0) is 31.9 Å². The van der Waals surface area contributed by atoms with Gasteiger partial charge in [0.15, 0.2) is 11.5 Å². The number of carbonyl (C=O) groups is 2. The van der Waals surface area contributed by atoms with Gasteiger partial charge in [-0.2, -0.15) is 0 Å². The molecule has 1 fully saturated rings. The summed E-state index contributed by atoms with van der Waals surface area (Å²) >= 11 is 0. The van der Waals surface area contributed by atoms with Crippen molar-refractivity contribution < 1.29 is 18.7 Å². The van der Waals surface area contributed by atoms with Crippen molar-refractivity contribution in [3.8, 4) is 5.75 Å². The number of carbonyl (C=O) groups excluding carboxylic acids is 2. The number of benzene rings is 2. The van der Waals surface area contributed by atoms with Gasteiger partial charge in [0.2, 0.25) is 0 Å². The van der Waals surface area contributed by atoms with Crippen LogP contribution in [0.2, 0.25) is 0 Å². The minimum atomic E-state index is -0.176. The molecule has 2 heterocycles.